The summed E-state index contributed by atoms with van der Waals surface area (Å²) in [6.45, 7) is 4.17. The van der Waals surface area contributed by atoms with Crippen LogP contribution in [0.15, 0.2) is 12.1 Å². The molecule has 1 heterocycles. The molecule has 1 amide bonds. The summed E-state index contributed by atoms with van der Waals surface area (Å²) in [5.41, 5.74) is 0. The first kappa shape index (κ1) is 20.6. The van der Waals surface area contributed by atoms with Crippen LogP contribution in [0.1, 0.15) is 20.3 Å². The molecule has 0 radical (unpaired) electrons. The average molecular weight is 429 g/mol. The number of hydrogen-bond acceptors (Lipinski definition) is 4. The number of sulfone groups is 1. The Morgan fingerprint density at radius 1 is 1.24 bits per heavy atom. The maximum Gasteiger partial charge on any atom is 0.260 e. The summed E-state index contributed by atoms with van der Waals surface area (Å²) in [4.78, 5) is 14.2. The zero-order valence-electron chi connectivity index (χ0n) is 14.0. The first-order chi connectivity index (χ1) is 11.6. The Morgan fingerprint density at radius 2 is 1.88 bits per heavy atom. The number of amides is 1. The quantitative estimate of drug-likeness (QED) is 0.648. The van der Waals surface area contributed by atoms with Crippen LogP contribution in [0.2, 0.25) is 15.1 Å². The number of halogens is 3. The zero-order chi connectivity index (χ0) is 18.8. The van der Waals surface area contributed by atoms with Crippen LogP contribution in [0.4, 0.5) is 0 Å². The first-order valence-corrected chi connectivity index (χ1v) is 10.8. The van der Waals surface area contributed by atoms with Crippen molar-refractivity contribution in [1.82, 2.24) is 4.90 Å². The van der Waals surface area contributed by atoms with Gasteiger partial charge in [-0.1, -0.05) is 48.7 Å². The highest BCUT2D eigenvalue weighted by Gasteiger charge is 2.35. The third kappa shape index (κ3) is 5.64. The zero-order valence-corrected chi connectivity index (χ0v) is 17.1. The molecule has 0 spiro atoms. The lowest BCUT2D eigenvalue weighted by Gasteiger charge is -2.30. The number of ether oxygens (including phenoxy) is 1. The number of carbonyl (C=O) groups excluding carboxylic acids is 1. The topological polar surface area (TPSA) is 63.7 Å². The molecule has 1 aromatic rings. The molecule has 0 aromatic heterocycles. The molecule has 1 unspecified atom stereocenters. The minimum atomic E-state index is -3.08. The van der Waals surface area contributed by atoms with Gasteiger partial charge in [-0.05, 0) is 18.4 Å². The van der Waals surface area contributed by atoms with E-state index in [2.05, 4.69) is 0 Å². The van der Waals surface area contributed by atoms with Gasteiger partial charge in [0.25, 0.3) is 5.91 Å². The van der Waals surface area contributed by atoms with Gasteiger partial charge in [-0.2, -0.15) is 0 Å². The van der Waals surface area contributed by atoms with Crippen LogP contribution < -0.4 is 4.74 Å². The molecule has 1 aliphatic rings. The summed E-state index contributed by atoms with van der Waals surface area (Å²) < 4.78 is 29.0. The van der Waals surface area contributed by atoms with Crippen molar-refractivity contribution in [2.45, 2.75) is 26.3 Å². The largest absolute Gasteiger partial charge is 0.482 e. The Bertz CT molecular complexity index is 752. The molecule has 0 aliphatic carbocycles. The fourth-order valence-corrected chi connectivity index (χ4v) is 5.03. The van der Waals surface area contributed by atoms with E-state index in [0.717, 1.165) is 0 Å². The van der Waals surface area contributed by atoms with E-state index in [1.807, 2.05) is 13.8 Å². The maximum absolute atomic E-state index is 12.6. The molecule has 0 saturated carbocycles. The molecule has 1 aliphatic heterocycles. The molecule has 2 rings (SSSR count). The van der Waals surface area contributed by atoms with Crippen molar-refractivity contribution >= 4 is 50.5 Å². The Morgan fingerprint density at radius 3 is 2.44 bits per heavy atom. The molecule has 1 saturated heterocycles. The number of hydrogen-bond donors (Lipinski definition) is 0. The van der Waals surface area contributed by atoms with E-state index < -0.39 is 9.84 Å². The summed E-state index contributed by atoms with van der Waals surface area (Å²) in [5.74, 6) is 0.296. The third-order valence-corrected chi connectivity index (χ3v) is 6.63. The minimum Gasteiger partial charge on any atom is -0.482 e. The fourth-order valence-electron chi connectivity index (χ4n) is 2.71. The van der Waals surface area contributed by atoms with Gasteiger partial charge in [-0.15, -0.1) is 0 Å². The number of rotatable bonds is 6. The van der Waals surface area contributed by atoms with Crippen molar-refractivity contribution in [2.75, 3.05) is 24.7 Å². The van der Waals surface area contributed by atoms with E-state index in [4.69, 9.17) is 39.5 Å². The van der Waals surface area contributed by atoms with Gasteiger partial charge < -0.3 is 9.64 Å². The van der Waals surface area contributed by atoms with E-state index in [9.17, 15) is 13.2 Å². The molecule has 1 fully saturated rings. The van der Waals surface area contributed by atoms with Crippen molar-refractivity contribution in [2.24, 2.45) is 5.92 Å². The van der Waals surface area contributed by atoms with Crippen LogP contribution in [-0.2, 0) is 14.6 Å². The van der Waals surface area contributed by atoms with E-state index >= 15 is 0 Å². The van der Waals surface area contributed by atoms with Crippen molar-refractivity contribution < 1.29 is 17.9 Å². The highest BCUT2D eigenvalue weighted by Crippen LogP contribution is 2.34. The van der Waals surface area contributed by atoms with E-state index in [1.165, 1.54) is 12.1 Å². The van der Waals surface area contributed by atoms with Crippen LogP contribution in [-0.4, -0.2) is 49.9 Å². The summed E-state index contributed by atoms with van der Waals surface area (Å²) in [5, 5.41) is 0.818. The van der Waals surface area contributed by atoms with E-state index in [1.54, 1.807) is 4.90 Å². The molecule has 9 heteroatoms. The van der Waals surface area contributed by atoms with Crippen molar-refractivity contribution in [3.63, 3.8) is 0 Å². The molecule has 0 bridgehead atoms. The predicted octanol–water partition coefficient (Wildman–Crippen LogP) is 3.70. The molecule has 1 atom stereocenters. The Labute approximate surface area is 163 Å². The fraction of sp³-hybridized carbons (Fsp3) is 0.562. The van der Waals surface area contributed by atoms with Crippen LogP contribution in [0.3, 0.4) is 0 Å². The van der Waals surface area contributed by atoms with Crippen LogP contribution in [0, 0.1) is 5.92 Å². The Kier molecular flexibility index (Phi) is 6.87. The Hall–Kier alpha value is -0.690. The first-order valence-electron chi connectivity index (χ1n) is 7.86. The lowest BCUT2D eigenvalue weighted by Crippen LogP contribution is -2.45. The standard InChI is InChI=1S/C16H20Cl3NO4S/c1-10(2)7-20(11-3-4-25(22,23)9-11)16(21)8-24-15-6-13(18)12(17)5-14(15)19/h5-6,10-11H,3-4,7-9H2,1-2H3. The van der Waals surface area contributed by atoms with Crippen molar-refractivity contribution in [1.29, 1.82) is 0 Å². The molecule has 5 nitrogen and oxygen atoms in total. The lowest BCUT2D eigenvalue weighted by molar-refractivity contribution is -0.135. The number of carbonyl (C=O) groups is 1. The van der Waals surface area contributed by atoms with Gasteiger partial charge in [0.15, 0.2) is 16.4 Å². The SMILES string of the molecule is CC(C)CN(C(=O)COc1cc(Cl)c(Cl)cc1Cl)C1CCS(=O)(=O)C1. The smallest absolute Gasteiger partial charge is 0.260 e. The second-order valence-electron chi connectivity index (χ2n) is 6.48. The van der Waals surface area contributed by atoms with Gasteiger partial charge in [0.1, 0.15) is 5.75 Å². The summed E-state index contributed by atoms with van der Waals surface area (Å²) >= 11 is 17.8. The molecule has 140 valence electrons. The van der Waals surface area contributed by atoms with Gasteiger partial charge >= 0.3 is 0 Å². The lowest BCUT2D eigenvalue weighted by atomic mass is 10.1. The molecule has 1 aromatic carbocycles. The van der Waals surface area contributed by atoms with Gasteiger partial charge in [-0.25, -0.2) is 8.42 Å². The Balaban J connectivity index is 2.08. The van der Waals surface area contributed by atoms with Crippen LogP contribution in [0.5, 0.6) is 5.75 Å². The number of benzene rings is 1. The summed E-state index contributed by atoms with van der Waals surface area (Å²) in [7, 11) is -3.08. The van der Waals surface area contributed by atoms with Crippen LogP contribution >= 0.6 is 34.8 Å². The molecule has 25 heavy (non-hydrogen) atoms. The van der Waals surface area contributed by atoms with Crippen molar-refractivity contribution in [3.8, 4) is 5.75 Å². The van der Waals surface area contributed by atoms with Gasteiger partial charge in [0.05, 0.1) is 26.6 Å². The number of nitrogens with zero attached hydrogens (tertiary/aromatic N) is 1. The monoisotopic (exact) mass is 427 g/mol. The van der Waals surface area contributed by atoms with E-state index in [-0.39, 0.29) is 51.8 Å². The molecular formula is C16H20Cl3NO4S. The van der Waals surface area contributed by atoms with Gasteiger partial charge in [0, 0.05) is 18.7 Å². The highest BCUT2D eigenvalue weighted by molar-refractivity contribution is 7.91. The van der Waals surface area contributed by atoms with Gasteiger partial charge in [-0.3, -0.25) is 4.79 Å². The second kappa shape index (κ2) is 8.33. The predicted molar refractivity (Wildman–Crippen MR) is 101 cm³/mol. The molecule has 0 N–H and O–H groups in total. The summed E-state index contributed by atoms with van der Waals surface area (Å²) in [6.07, 6.45) is 0.453. The highest BCUT2D eigenvalue weighted by atomic mass is 35.5. The second-order valence-corrected chi connectivity index (χ2v) is 9.93. The summed E-state index contributed by atoms with van der Waals surface area (Å²) in [6, 6.07) is 2.58. The minimum absolute atomic E-state index is 0.00100. The van der Waals surface area contributed by atoms with E-state index in [0.29, 0.717) is 18.0 Å². The van der Waals surface area contributed by atoms with Crippen molar-refractivity contribution in [3.05, 3.63) is 27.2 Å². The average Bonchev–Trinajstić information content (AvgIpc) is 2.86. The normalized spacial score (nSPS) is 19.2. The maximum atomic E-state index is 12.6. The van der Waals surface area contributed by atoms with Crippen LogP contribution in [0.25, 0.3) is 0 Å². The van der Waals surface area contributed by atoms with Gasteiger partial charge in [0.2, 0.25) is 0 Å². The molecular weight excluding hydrogens is 409 g/mol. The third-order valence-electron chi connectivity index (χ3n) is 3.86.